The highest BCUT2D eigenvalue weighted by atomic mass is 15.2. The quantitative estimate of drug-likeness (QED) is 0.860. The van der Waals surface area contributed by atoms with Crippen molar-refractivity contribution in [3.63, 3.8) is 0 Å². The van der Waals surface area contributed by atoms with Crippen molar-refractivity contribution in [2.75, 3.05) is 38.1 Å². The standard InChI is InChI=1S/C14H24N4/c1-12(15)13-5-6-16-14(11-13)17(2)9-10-18-7-3-4-8-18/h5-6,11-12H,3-4,7-10,15H2,1-2H3/t12-/m1/s1. The van der Waals surface area contributed by atoms with Crippen molar-refractivity contribution in [2.45, 2.75) is 25.8 Å². The molecule has 0 aliphatic carbocycles. The van der Waals surface area contributed by atoms with E-state index in [9.17, 15) is 0 Å². The number of hydrogen-bond acceptors (Lipinski definition) is 4. The van der Waals surface area contributed by atoms with E-state index in [1.165, 1.54) is 25.9 Å². The Morgan fingerprint density at radius 2 is 2.17 bits per heavy atom. The van der Waals surface area contributed by atoms with E-state index in [0.29, 0.717) is 0 Å². The van der Waals surface area contributed by atoms with Crippen molar-refractivity contribution in [1.82, 2.24) is 9.88 Å². The van der Waals surface area contributed by atoms with Crippen LogP contribution in [0.2, 0.25) is 0 Å². The van der Waals surface area contributed by atoms with Gasteiger partial charge in [0.2, 0.25) is 0 Å². The predicted octanol–water partition coefficient (Wildman–Crippen LogP) is 1.63. The van der Waals surface area contributed by atoms with E-state index < -0.39 is 0 Å². The van der Waals surface area contributed by atoms with Crippen LogP contribution in [0.5, 0.6) is 0 Å². The molecule has 1 fully saturated rings. The van der Waals surface area contributed by atoms with Gasteiger partial charge >= 0.3 is 0 Å². The number of likely N-dealkylation sites (tertiary alicyclic amines) is 1. The first-order valence-corrected chi connectivity index (χ1v) is 6.82. The molecule has 4 heteroatoms. The molecule has 0 saturated carbocycles. The summed E-state index contributed by atoms with van der Waals surface area (Å²) < 4.78 is 0. The second-order valence-electron chi connectivity index (χ2n) is 5.21. The fourth-order valence-electron chi connectivity index (χ4n) is 2.34. The molecule has 4 nitrogen and oxygen atoms in total. The molecular weight excluding hydrogens is 224 g/mol. The lowest BCUT2D eigenvalue weighted by Crippen LogP contribution is -2.31. The maximum atomic E-state index is 5.90. The Bertz CT molecular complexity index is 372. The Labute approximate surface area is 110 Å². The Kier molecular flexibility index (Phi) is 4.55. The van der Waals surface area contributed by atoms with Gasteiger partial charge in [0.05, 0.1) is 0 Å². The third kappa shape index (κ3) is 3.43. The van der Waals surface area contributed by atoms with E-state index >= 15 is 0 Å². The van der Waals surface area contributed by atoms with Crippen LogP contribution in [0, 0.1) is 0 Å². The summed E-state index contributed by atoms with van der Waals surface area (Å²) in [7, 11) is 2.10. The summed E-state index contributed by atoms with van der Waals surface area (Å²) in [6.07, 6.45) is 4.55. The van der Waals surface area contributed by atoms with Crippen LogP contribution in [0.25, 0.3) is 0 Å². The van der Waals surface area contributed by atoms with Crippen molar-refractivity contribution in [2.24, 2.45) is 5.73 Å². The Hall–Kier alpha value is -1.13. The minimum atomic E-state index is 0.0683. The molecule has 1 aliphatic heterocycles. The number of hydrogen-bond donors (Lipinski definition) is 1. The van der Waals surface area contributed by atoms with Crippen molar-refractivity contribution >= 4 is 5.82 Å². The third-order valence-corrected chi connectivity index (χ3v) is 3.64. The lowest BCUT2D eigenvalue weighted by Gasteiger charge is -2.23. The first-order valence-electron chi connectivity index (χ1n) is 6.82. The zero-order valence-electron chi connectivity index (χ0n) is 11.5. The minimum absolute atomic E-state index is 0.0683. The lowest BCUT2D eigenvalue weighted by atomic mass is 10.1. The smallest absolute Gasteiger partial charge is 0.128 e. The van der Waals surface area contributed by atoms with E-state index in [1.807, 2.05) is 19.2 Å². The molecule has 0 radical (unpaired) electrons. The monoisotopic (exact) mass is 248 g/mol. The van der Waals surface area contributed by atoms with Crippen LogP contribution in [0.3, 0.4) is 0 Å². The van der Waals surface area contributed by atoms with Crippen LogP contribution < -0.4 is 10.6 Å². The number of pyridine rings is 1. The van der Waals surface area contributed by atoms with E-state index in [4.69, 9.17) is 5.73 Å². The van der Waals surface area contributed by atoms with E-state index in [1.54, 1.807) is 0 Å². The first-order chi connectivity index (χ1) is 8.66. The van der Waals surface area contributed by atoms with Gasteiger partial charge in [-0.3, -0.25) is 0 Å². The van der Waals surface area contributed by atoms with Gasteiger partial charge in [-0.15, -0.1) is 0 Å². The molecule has 1 aliphatic rings. The van der Waals surface area contributed by atoms with Gasteiger partial charge in [-0.25, -0.2) is 4.98 Å². The van der Waals surface area contributed by atoms with Crippen LogP contribution in [0.1, 0.15) is 31.4 Å². The highest BCUT2D eigenvalue weighted by Crippen LogP contribution is 2.16. The van der Waals surface area contributed by atoms with E-state index in [0.717, 1.165) is 24.5 Å². The summed E-state index contributed by atoms with van der Waals surface area (Å²) in [5.41, 5.74) is 7.05. The summed E-state index contributed by atoms with van der Waals surface area (Å²) in [6.45, 7) is 6.65. The minimum Gasteiger partial charge on any atom is -0.358 e. The van der Waals surface area contributed by atoms with E-state index in [2.05, 4.69) is 27.9 Å². The molecule has 0 spiro atoms. The van der Waals surface area contributed by atoms with Crippen molar-refractivity contribution in [1.29, 1.82) is 0 Å². The first kappa shape index (κ1) is 13.3. The second kappa shape index (κ2) is 6.16. The third-order valence-electron chi connectivity index (χ3n) is 3.64. The molecular formula is C14H24N4. The zero-order valence-corrected chi connectivity index (χ0v) is 11.5. The maximum Gasteiger partial charge on any atom is 0.128 e. The van der Waals surface area contributed by atoms with Crippen LogP contribution in [-0.4, -0.2) is 43.1 Å². The van der Waals surface area contributed by atoms with Crippen LogP contribution in [0.4, 0.5) is 5.82 Å². The number of anilines is 1. The Balaban J connectivity index is 1.91. The summed E-state index contributed by atoms with van der Waals surface area (Å²) in [4.78, 5) is 9.15. The van der Waals surface area contributed by atoms with Crippen molar-refractivity contribution in [3.05, 3.63) is 23.9 Å². The molecule has 2 N–H and O–H groups in total. The molecule has 2 heterocycles. The molecule has 18 heavy (non-hydrogen) atoms. The van der Waals surface area contributed by atoms with Gasteiger partial charge < -0.3 is 15.5 Å². The number of nitrogens with two attached hydrogens (primary N) is 1. The van der Waals surface area contributed by atoms with Gasteiger partial charge in [0.1, 0.15) is 5.82 Å². The Morgan fingerprint density at radius 1 is 1.44 bits per heavy atom. The van der Waals surface area contributed by atoms with Gasteiger partial charge in [0.15, 0.2) is 0 Å². The molecule has 100 valence electrons. The normalized spacial score (nSPS) is 17.9. The van der Waals surface area contributed by atoms with Crippen LogP contribution in [-0.2, 0) is 0 Å². The zero-order chi connectivity index (χ0) is 13.0. The summed E-state index contributed by atoms with van der Waals surface area (Å²) in [5, 5.41) is 0. The summed E-state index contributed by atoms with van der Waals surface area (Å²) in [6, 6.07) is 4.15. The highest BCUT2D eigenvalue weighted by molar-refractivity contribution is 5.40. The molecule has 1 aromatic heterocycles. The molecule has 0 unspecified atom stereocenters. The van der Waals surface area contributed by atoms with Crippen molar-refractivity contribution < 1.29 is 0 Å². The number of rotatable bonds is 5. The number of aromatic nitrogens is 1. The van der Waals surface area contributed by atoms with E-state index in [-0.39, 0.29) is 6.04 Å². The molecule has 1 aromatic rings. The average Bonchev–Trinajstić information content (AvgIpc) is 2.89. The molecule has 0 aromatic carbocycles. The van der Waals surface area contributed by atoms with Gasteiger partial charge in [-0.05, 0) is 50.6 Å². The molecule has 1 saturated heterocycles. The van der Waals surface area contributed by atoms with Crippen LogP contribution in [0.15, 0.2) is 18.3 Å². The fourth-order valence-corrected chi connectivity index (χ4v) is 2.34. The van der Waals surface area contributed by atoms with Crippen molar-refractivity contribution in [3.8, 4) is 0 Å². The topological polar surface area (TPSA) is 45.4 Å². The number of nitrogens with zero attached hydrogens (tertiary/aromatic N) is 3. The molecule has 0 amide bonds. The number of likely N-dealkylation sites (N-methyl/N-ethyl adjacent to an activating group) is 1. The molecule has 0 bridgehead atoms. The van der Waals surface area contributed by atoms with Crippen LogP contribution >= 0.6 is 0 Å². The highest BCUT2D eigenvalue weighted by Gasteiger charge is 2.12. The maximum absolute atomic E-state index is 5.90. The predicted molar refractivity (Wildman–Crippen MR) is 75.8 cm³/mol. The van der Waals surface area contributed by atoms with Gasteiger partial charge in [-0.1, -0.05) is 0 Å². The van der Waals surface area contributed by atoms with Gasteiger partial charge in [-0.2, -0.15) is 0 Å². The average molecular weight is 248 g/mol. The largest absolute Gasteiger partial charge is 0.358 e. The summed E-state index contributed by atoms with van der Waals surface area (Å²) in [5.74, 6) is 1.02. The van der Waals surface area contributed by atoms with Gasteiger partial charge in [0.25, 0.3) is 0 Å². The second-order valence-corrected chi connectivity index (χ2v) is 5.21. The Morgan fingerprint density at radius 3 is 2.83 bits per heavy atom. The fraction of sp³-hybridized carbons (Fsp3) is 0.643. The lowest BCUT2D eigenvalue weighted by molar-refractivity contribution is 0.346. The molecule has 2 rings (SSSR count). The SMILES string of the molecule is C[C@@H](N)c1ccnc(N(C)CCN2CCCC2)c1. The summed E-state index contributed by atoms with van der Waals surface area (Å²) >= 11 is 0. The molecule has 1 atom stereocenters. The van der Waals surface area contributed by atoms with Gasteiger partial charge in [0, 0.05) is 32.4 Å².